The third-order valence-electron chi connectivity index (χ3n) is 2.27. The molecule has 0 aliphatic carbocycles. The van der Waals surface area contributed by atoms with Gasteiger partial charge in [-0.3, -0.25) is 19.5 Å². The number of aryl methyl sites for hydroxylation is 2. The first-order valence-corrected chi connectivity index (χ1v) is 4.47. The van der Waals surface area contributed by atoms with Crippen molar-refractivity contribution in [2.75, 3.05) is 5.73 Å². The zero-order chi connectivity index (χ0) is 11.9. The van der Waals surface area contributed by atoms with Crippen LogP contribution in [0.3, 0.4) is 0 Å². The highest BCUT2D eigenvalue weighted by Gasteiger charge is 2.22. The molecule has 0 saturated heterocycles. The first kappa shape index (κ1) is 10.1. The highest BCUT2D eigenvalue weighted by Crippen LogP contribution is 2.28. The van der Waals surface area contributed by atoms with Crippen LogP contribution in [0.1, 0.15) is 0 Å². The van der Waals surface area contributed by atoms with Gasteiger partial charge in [0.2, 0.25) is 0 Å². The minimum atomic E-state index is -0.493. The summed E-state index contributed by atoms with van der Waals surface area (Å²) < 4.78 is 2.85. The van der Waals surface area contributed by atoms with Gasteiger partial charge in [0.05, 0.1) is 4.92 Å². The van der Waals surface area contributed by atoms with E-state index in [0.29, 0.717) is 17.2 Å². The van der Waals surface area contributed by atoms with E-state index in [1.165, 1.54) is 15.6 Å². The second-order valence-corrected chi connectivity index (χ2v) is 3.34. The predicted molar refractivity (Wildman–Crippen MR) is 56.5 cm³/mol. The lowest BCUT2D eigenvalue weighted by Gasteiger charge is -1.96. The van der Waals surface area contributed by atoms with Crippen molar-refractivity contribution in [3.05, 3.63) is 22.4 Å². The second kappa shape index (κ2) is 3.33. The van der Waals surface area contributed by atoms with Crippen LogP contribution in [0.25, 0.3) is 11.4 Å². The molecule has 0 saturated carbocycles. The van der Waals surface area contributed by atoms with Gasteiger partial charge in [-0.2, -0.15) is 10.2 Å². The van der Waals surface area contributed by atoms with Gasteiger partial charge in [-0.1, -0.05) is 0 Å². The molecule has 0 radical (unpaired) electrons. The number of nitrogens with zero attached hydrogens (tertiary/aromatic N) is 5. The van der Waals surface area contributed by atoms with Crippen molar-refractivity contribution in [3.8, 4) is 11.4 Å². The van der Waals surface area contributed by atoms with Crippen molar-refractivity contribution in [1.29, 1.82) is 0 Å². The van der Waals surface area contributed by atoms with Crippen LogP contribution in [0, 0.1) is 10.1 Å². The topological polar surface area (TPSA) is 105 Å². The smallest absolute Gasteiger partial charge is 0.316 e. The SMILES string of the molecule is Cn1nc(-c2c([N+](=O)[O-])cnn2C)cc1N. The summed E-state index contributed by atoms with van der Waals surface area (Å²) >= 11 is 0. The number of nitrogens with two attached hydrogens (primary N) is 1. The average molecular weight is 222 g/mol. The van der Waals surface area contributed by atoms with Crippen LogP contribution in [0.5, 0.6) is 0 Å². The Morgan fingerprint density at radius 3 is 2.62 bits per heavy atom. The molecule has 0 bridgehead atoms. The lowest BCUT2D eigenvalue weighted by molar-refractivity contribution is -0.384. The minimum absolute atomic E-state index is 0.0828. The standard InChI is InChI=1S/C8H10N6O2/c1-12-7(9)3-5(11-12)8-6(14(15)16)4-10-13(8)2/h3-4H,9H2,1-2H3. The fourth-order valence-electron chi connectivity index (χ4n) is 1.45. The molecule has 0 unspecified atom stereocenters. The summed E-state index contributed by atoms with van der Waals surface area (Å²) in [7, 11) is 3.29. The zero-order valence-corrected chi connectivity index (χ0v) is 8.78. The fourth-order valence-corrected chi connectivity index (χ4v) is 1.45. The molecule has 0 amide bonds. The van der Waals surface area contributed by atoms with Crippen molar-refractivity contribution in [2.24, 2.45) is 14.1 Å². The molecule has 0 atom stereocenters. The van der Waals surface area contributed by atoms with E-state index in [-0.39, 0.29) is 5.69 Å². The Bertz CT molecular complexity index is 535. The normalized spacial score (nSPS) is 10.6. The third-order valence-corrected chi connectivity index (χ3v) is 2.27. The van der Waals surface area contributed by atoms with Crippen LogP contribution in [-0.2, 0) is 14.1 Å². The number of rotatable bonds is 2. The average Bonchev–Trinajstić information content (AvgIpc) is 2.71. The Morgan fingerprint density at radius 1 is 1.44 bits per heavy atom. The monoisotopic (exact) mass is 222 g/mol. The summed E-state index contributed by atoms with van der Waals surface area (Å²) in [4.78, 5) is 10.3. The molecule has 2 aromatic heterocycles. The van der Waals surface area contributed by atoms with Crippen LogP contribution in [-0.4, -0.2) is 24.5 Å². The van der Waals surface area contributed by atoms with Crippen LogP contribution >= 0.6 is 0 Å². The summed E-state index contributed by atoms with van der Waals surface area (Å²) in [6, 6.07) is 1.57. The quantitative estimate of drug-likeness (QED) is 0.581. The number of hydrogen-bond acceptors (Lipinski definition) is 5. The molecule has 0 fully saturated rings. The van der Waals surface area contributed by atoms with E-state index in [1.807, 2.05) is 0 Å². The Kier molecular flexibility index (Phi) is 2.11. The Balaban J connectivity index is 2.63. The summed E-state index contributed by atoms with van der Waals surface area (Å²) in [5, 5.41) is 18.7. The largest absolute Gasteiger partial charge is 0.384 e. The molecule has 8 heteroatoms. The molecular weight excluding hydrogens is 212 g/mol. The summed E-state index contributed by atoms with van der Waals surface area (Å²) in [6.45, 7) is 0. The lowest BCUT2D eigenvalue weighted by atomic mass is 10.3. The van der Waals surface area contributed by atoms with Gasteiger partial charge in [0, 0.05) is 20.2 Å². The van der Waals surface area contributed by atoms with Gasteiger partial charge >= 0.3 is 5.69 Å². The van der Waals surface area contributed by atoms with E-state index >= 15 is 0 Å². The molecule has 0 spiro atoms. The maximum atomic E-state index is 10.8. The number of nitro groups is 1. The van der Waals surface area contributed by atoms with Crippen molar-refractivity contribution < 1.29 is 4.92 Å². The van der Waals surface area contributed by atoms with Gasteiger partial charge in [0.25, 0.3) is 0 Å². The molecule has 2 N–H and O–H groups in total. The first-order chi connectivity index (χ1) is 7.50. The molecule has 2 rings (SSSR count). The van der Waals surface area contributed by atoms with Gasteiger partial charge in [0.15, 0.2) is 5.69 Å². The van der Waals surface area contributed by atoms with Crippen molar-refractivity contribution in [3.63, 3.8) is 0 Å². The maximum Gasteiger partial charge on any atom is 0.316 e. The summed E-state index contributed by atoms with van der Waals surface area (Å²) in [5.41, 5.74) is 6.32. The number of nitrogen functional groups attached to an aromatic ring is 1. The van der Waals surface area contributed by atoms with E-state index in [4.69, 9.17) is 5.73 Å². The Hall–Kier alpha value is -2.38. The molecule has 2 aromatic rings. The molecule has 0 aliphatic heterocycles. The highest BCUT2D eigenvalue weighted by molar-refractivity contribution is 5.68. The summed E-state index contributed by atoms with van der Waals surface area (Å²) in [6.07, 6.45) is 1.19. The van der Waals surface area contributed by atoms with Gasteiger partial charge < -0.3 is 5.73 Å². The molecule has 0 aromatic carbocycles. The molecule has 8 nitrogen and oxygen atoms in total. The highest BCUT2D eigenvalue weighted by atomic mass is 16.6. The first-order valence-electron chi connectivity index (χ1n) is 4.47. The van der Waals surface area contributed by atoms with Crippen LogP contribution in [0.2, 0.25) is 0 Å². The van der Waals surface area contributed by atoms with Crippen molar-refractivity contribution >= 4 is 11.5 Å². The number of aromatic nitrogens is 4. The van der Waals surface area contributed by atoms with Crippen LogP contribution in [0.15, 0.2) is 12.3 Å². The molecule has 0 aliphatic rings. The number of anilines is 1. The van der Waals surface area contributed by atoms with Gasteiger partial charge in [0.1, 0.15) is 17.7 Å². The predicted octanol–water partition coefficient (Wildman–Crippen LogP) is 0.311. The van der Waals surface area contributed by atoms with Gasteiger partial charge in [-0.05, 0) is 0 Å². The second-order valence-electron chi connectivity index (χ2n) is 3.34. The van der Waals surface area contributed by atoms with E-state index in [1.54, 1.807) is 20.2 Å². The van der Waals surface area contributed by atoms with E-state index < -0.39 is 4.92 Å². The summed E-state index contributed by atoms with van der Waals surface area (Å²) in [5.74, 6) is 0.436. The zero-order valence-electron chi connectivity index (χ0n) is 8.78. The van der Waals surface area contributed by atoms with Crippen molar-refractivity contribution in [1.82, 2.24) is 19.6 Å². The fraction of sp³-hybridized carbons (Fsp3) is 0.250. The molecule has 16 heavy (non-hydrogen) atoms. The van der Waals surface area contributed by atoms with Crippen LogP contribution in [0.4, 0.5) is 11.5 Å². The Morgan fingerprint density at radius 2 is 2.12 bits per heavy atom. The van der Waals surface area contributed by atoms with E-state index in [0.717, 1.165) is 0 Å². The molecule has 2 heterocycles. The maximum absolute atomic E-state index is 10.8. The minimum Gasteiger partial charge on any atom is -0.384 e. The van der Waals surface area contributed by atoms with Crippen molar-refractivity contribution in [2.45, 2.75) is 0 Å². The molecular formula is C8H10N6O2. The van der Waals surface area contributed by atoms with Gasteiger partial charge in [-0.25, -0.2) is 0 Å². The van der Waals surface area contributed by atoms with Crippen LogP contribution < -0.4 is 5.73 Å². The lowest BCUT2D eigenvalue weighted by Crippen LogP contribution is -1.99. The number of hydrogen-bond donors (Lipinski definition) is 1. The van der Waals surface area contributed by atoms with E-state index in [9.17, 15) is 10.1 Å². The van der Waals surface area contributed by atoms with E-state index in [2.05, 4.69) is 10.2 Å². The molecule has 84 valence electrons. The Labute approximate surface area is 90.4 Å². The van der Waals surface area contributed by atoms with Gasteiger partial charge in [-0.15, -0.1) is 0 Å². The third kappa shape index (κ3) is 1.40.